The molecule has 1 amide bonds. The lowest BCUT2D eigenvalue weighted by atomic mass is 10.1. The second-order valence-corrected chi connectivity index (χ2v) is 6.89. The summed E-state index contributed by atoms with van der Waals surface area (Å²) in [5.41, 5.74) is 0. The smallest absolute Gasteiger partial charge is 0.237 e. The maximum absolute atomic E-state index is 11.6. The summed E-state index contributed by atoms with van der Waals surface area (Å²) in [5.74, 6) is 0.623. The van der Waals surface area contributed by atoms with Gasteiger partial charge in [-0.15, -0.1) is 0 Å². The van der Waals surface area contributed by atoms with Gasteiger partial charge in [-0.3, -0.25) is 4.79 Å². The van der Waals surface area contributed by atoms with Crippen molar-refractivity contribution in [1.82, 2.24) is 10.6 Å². The number of hydrogen-bond acceptors (Lipinski definition) is 4. The molecule has 0 radical (unpaired) electrons. The lowest BCUT2D eigenvalue weighted by molar-refractivity contribution is -0.122. The molecule has 2 rings (SSSR count). The predicted octanol–water partition coefficient (Wildman–Crippen LogP) is -0.711. The molecule has 2 heterocycles. The Morgan fingerprint density at radius 2 is 2.19 bits per heavy atom. The first-order chi connectivity index (χ1) is 7.57. The molecular weight excluding hydrogens is 228 g/mol. The minimum Gasteiger partial charge on any atom is -0.354 e. The summed E-state index contributed by atoms with van der Waals surface area (Å²) in [6.45, 7) is 1.39. The minimum atomic E-state index is -2.83. The summed E-state index contributed by atoms with van der Waals surface area (Å²) in [6.07, 6.45) is 2.60. The van der Waals surface area contributed by atoms with E-state index in [2.05, 4.69) is 10.6 Å². The molecule has 2 aliphatic rings. The van der Waals surface area contributed by atoms with E-state index in [9.17, 15) is 13.2 Å². The summed E-state index contributed by atoms with van der Waals surface area (Å²) in [7, 11) is -2.83. The molecule has 2 fully saturated rings. The van der Waals surface area contributed by atoms with Crippen molar-refractivity contribution in [2.75, 3.05) is 24.6 Å². The van der Waals surface area contributed by atoms with E-state index in [0.717, 1.165) is 19.4 Å². The predicted molar refractivity (Wildman–Crippen MR) is 60.8 cm³/mol. The van der Waals surface area contributed by atoms with Gasteiger partial charge in [0.25, 0.3) is 0 Å². The molecule has 0 saturated carbocycles. The van der Waals surface area contributed by atoms with Gasteiger partial charge < -0.3 is 10.6 Å². The van der Waals surface area contributed by atoms with Crippen LogP contribution in [0.2, 0.25) is 0 Å². The number of rotatable bonds is 3. The molecule has 2 atom stereocenters. The maximum atomic E-state index is 11.6. The third-order valence-corrected chi connectivity index (χ3v) is 5.11. The molecule has 16 heavy (non-hydrogen) atoms. The lowest BCUT2D eigenvalue weighted by Gasteiger charge is -2.13. The monoisotopic (exact) mass is 246 g/mol. The quantitative estimate of drug-likeness (QED) is 0.690. The number of carbonyl (C=O) groups excluding carboxylic acids is 1. The number of carbonyl (C=O) groups is 1. The zero-order valence-electron chi connectivity index (χ0n) is 9.24. The molecule has 0 aromatic carbocycles. The highest BCUT2D eigenvalue weighted by molar-refractivity contribution is 7.91. The summed E-state index contributed by atoms with van der Waals surface area (Å²) in [5, 5.41) is 5.96. The van der Waals surface area contributed by atoms with Gasteiger partial charge in [-0.25, -0.2) is 8.42 Å². The number of amides is 1. The van der Waals surface area contributed by atoms with Crippen LogP contribution in [0.3, 0.4) is 0 Å². The van der Waals surface area contributed by atoms with E-state index >= 15 is 0 Å². The topological polar surface area (TPSA) is 75.3 Å². The van der Waals surface area contributed by atoms with Gasteiger partial charge in [0.1, 0.15) is 0 Å². The fourth-order valence-corrected chi connectivity index (χ4v) is 4.17. The molecule has 5 nitrogen and oxygen atoms in total. The van der Waals surface area contributed by atoms with E-state index in [1.54, 1.807) is 0 Å². The normalized spacial score (nSPS) is 32.8. The van der Waals surface area contributed by atoms with E-state index in [-0.39, 0.29) is 29.4 Å². The minimum absolute atomic E-state index is 0.0156. The molecule has 0 spiro atoms. The van der Waals surface area contributed by atoms with E-state index in [1.165, 1.54) is 0 Å². The molecule has 0 aliphatic carbocycles. The first-order valence-corrected chi connectivity index (χ1v) is 7.60. The molecule has 6 heteroatoms. The SMILES string of the molecule is O=C(NCC1CCS(=O)(=O)C1)[C@H]1CCCN1. The third-order valence-electron chi connectivity index (χ3n) is 3.27. The van der Waals surface area contributed by atoms with Crippen LogP contribution in [-0.4, -0.2) is 45.0 Å². The molecule has 0 aromatic rings. The molecule has 2 saturated heterocycles. The van der Waals surface area contributed by atoms with Gasteiger partial charge in [-0.05, 0) is 31.7 Å². The number of sulfone groups is 1. The van der Waals surface area contributed by atoms with Crippen molar-refractivity contribution >= 4 is 15.7 Å². The van der Waals surface area contributed by atoms with Gasteiger partial charge in [0.05, 0.1) is 17.5 Å². The Hall–Kier alpha value is -0.620. The molecule has 2 aliphatic heterocycles. The van der Waals surface area contributed by atoms with Crippen molar-refractivity contribution < 1.29 is 13.2 Å². The van der Waals surface area contributed by atoms with Crippen molar-refractivity contribution in [3.63, 3.8) is 0 Å². The van der Waals surface area contributed by atoms with Crippen LogP contribution in [0.15, 0.2) is 0 Å². The van der Waals surface area contributed by atoms with Crippen molar-refractivity contribution in [2.45, 2.75) is 25.3 Å². The number of hydrogen-bond donors (Lipinski definition) is 2. The summed E-state index contributed by atoms with van der Waals surface area (Å²) in [4.78, 5) is 11.6. The van der Waals surface area contributed by atoms with Crippen molar-refractivity contribution in [1.29, 1.82) is 0 Å². The van der Waals surface area contributed by atoms with Gasteiger partial charge in [-0.1, -0.05) is 0 Å². The van der Waals surface area contributed by atoms with E-state index in [4.69, 9.17) is 0 Å². The van der Waals surface area contributed by atoms with Crippen molar-refractivity contribution in [3.8, 4) is 0 Å². The maximum Gasteiger partial charge on any atom is 0.237 e. The van der Waals surface area contributed by atoms with Crippen molar-refractivity contribution in [3.05, 3.63) is 0 Å². The average molecular weight is 246 g/mol. The Morgan fingerprint density at radius 1 is 1.38 bits per heavy atom. The molecular formula is C10H18N2O3S. The van der Waals surface area contributed by atoms with Crippen LogP contribution >= 0.6 is 0 Å². The standard InChI is InChI=1S/C10H18N2O3S/c13-10(9-2-1-4-11-9)12-6-8-3-5-16(14,15)7-8/h8-9,11H,1-7H2,(H,12,13)/t8?,9-/m1/s1. The summed E-state index contributed by atoms with van der Waals surface area (Å²) < 4.78 is 22.4. The van der Waals surface area contributed by atoms with Gasteiger partial charge >= 0.3 is 0 Å². The van der Waals surface area contributed by atoms with Crippen LogP contribution in [0.4, 0.5) is 0 Å². The van der Waals surface area contributed by atoms with Gasteiger partial charge in [-0.2, -0.15) is 0 Å². The fourth-order valence-electron chi connectivity index (χ4n) is 2.31. The van der Waals surface area contributed by atoms with Crippen LogP contribution in [0, 0.1) is 5.92 Å². The highest BCUT2D eigenvalue weighted by Crippen LogP contribution is 2.17. The molecule has 0 bridgehead atoms. The lowest BCUT2D eigenvalue weighted by Crippen LogP contribution is -2.42. The van der Waals surface area contributed by atoms with E-state index in [0.29, 0.717) is 13.0 Å². The Kier molecular flexibility index (Phi) is 3.49. The Labute approximate surface area is 95.9 Å². The largest absolute Gasteiger partial charge is 0.354 e. The summed E-state index contributed by atoms with van der Waals surface area (Å²) >= 11 is 0. The second-order valence-electron chi connectivity index (χ2n) is 4.66. The zero-order chi connectivity index (χ0) is 11.6. The highest BCUT2D eigenvalue weighted by Gasteiger charge is 2.29. The van der Waals surface area contributed by atoms with E-state index in [1.807, 2.05) is 0 Å². The van der Waals surface area contributed by atoms with Crippen LogP contribution in [-0.2, 0) is 14.6 Å². The van der Waals surface area contributed by atoms with Crippen LogP contribution in [0.1, 0.15) is 19.3 Å². The molecule has 1 unspecified atom stereocenters. The third kappa shape index (κ3) is 2.95. The molecule has 2 N–H and O–H groups in total. The van der Waals surface area contributed by atoms with Crippen LogP contribution in [0.5, 0.6) is 0 Å². The first-order valence-electron chi connectivity index (χ1n) is 5.78. The van der Waals surface area contributed by atoms with Gasteiger partial charge in [0.15, 0.2) is 9.84 Å². The van der Waals surface area contributed by atoms with Crippen LogP contribution in [0.25, 0.3) is 0 Å². The fraction of sp³-hybridized carbons (Fsp3) is 0.900. The van der Waals surface area contributed by atoms with Gasteiger partial charge in [0, 0.05) is 6.54 Å². The molecule has 0 aromatic heterocycles. The Balaban J connectivity index is 1.73. The zero-order valence-corrected chi connectivity index (χ0v) is 10.1. The first kappa shape index (κ1) is 11.9. The Bertz CT molecular complexity index is 360. The van der Waals surface area contributed by atoms with Crippen molar-refractivity contribution in [2.24, 2.45) is 5.92 Å². The van der Waals surface area contributed by atoms with E-state index < -0.39 is 9.84 Å². The molecule has 92 valence electrons. The highest BCUT2D eigenvalue weighted by atomic mass is 32.2. The summed E-state index contributed by atoms with van der Waals surface area (Å²) in [6, 6.07) is -0.0713. The number of nitrogens with one attached hydrogen (secondary N) is 2. The van der Waals surface area contributed by atoms with Gasteiger partial charge in [0.2, 0.25) is 5.91 Å². The Morgan fingerprint density at radius 3 is 2.75 bits per heavy atom. The average Bonchev–Trinajstić information content (AvgIpc) is 2.83. The van der Waals surface area contributed by atoms with Crippen LogP contribution < -0.4 is 10.6 Å². The second kappa shape index (κ2) is 4.71.